The van der Waals surface area contributed by atoms with Crippen LogP contribution in [0.1, 0.15) is 5.56 Å². The van der Waals surface area contributed by atoms with E-state index < -0.39 is 5.97 Å². The summed E-state index contributed by atoms with van der Waals surface area (Å²) in [6, 6.07) is 9.19. The van der Waals surface area contributed by atoms with Crippen molar-refractivity contribution in [3.8, 4) is 0 Å². The number of hydrogen-bond acceptors (Lipinski definition) is 4. The van der Waals surface area contributed by atoms with Gasteiger partial charge in [-0.05, 0) is 11.6 Å². The van der Waals surface area contributed by atoms with Crippen molar-refractivity contribution >= 4 is 12.0 Å². The summed E-state index contributed by atoms with van der Waals surface area (Å²) in [6.07, 6.45) is 2.50. The zero-order valence-corrected chi connectivity index (χ0v) is 13.7. The summed E-state index contributed by atoms with van der Waals surface area (Å²) in [5.41, 5.74) is 0.858. The number of aliphatic carboxylic acids is 1. The fraction of sp³-hybridized carbons (Fsp3) is 0. The van der Waals surface area contributed by atoms with Gasteiger partial charge in [-0.2, -0.15) is 0 Å². The molecule has 0 atom stereocenters. The molecule has 0 fully saturated rings. The van der Waals surface area contributed by atoms with Gasteiger partial charge in [-0.1, -0.05) is 36.4 Å². The maximum atomic E-state index is 9.97. The second-order valence-electron chi connectivity index (χ2n) is 2.06. The molecule has 4 nitrogen and oxygen atoms in total. The van der Waals surface area contributed by atoms with Crippen molar-refractivity contribution in [2.24, 2.45) is 0 Å². The van der Waals surface area contributed by atoms with Gasteiger partial charge in [0.15, 0.2) is 0 Å². The van der Waals surface area contributed by atoms with E-state index in [1.807, 2.05) is 30.3 Å². The van der Waals surface area contributed by atoms with Crippen molar-refractivity contribution in [3.05, 3.63) is 49.4 Å². The van der Waals surface area contributed by atoms with E-state index >= 15 is 0 Å². The number of carbonyl (C=O) groups is 1. The van der Waals surface area contributed by atoms with Crippen molar-refractivity contribution in [2.45, 2.75) is 0 Å². The molecular weight excluding hydrogens is 274 g/mol. The molecule has 0 unspecified atom stereocenters. The Morgan fingerprint density at radius 2 is 1.56 bits per heavy atom. The van der Waals surface area contributed by atoms with E-state index in [0.717, 1.165) is 11.6 Å². The Hall–Kier alpha value is 0.571. The van der Waals surface area contributed by atoms with E-state index in [4.69, 9.17) is 0 Å². The molecular formula is C10H12KO4V-3. The molecule has 0 amide bonds. The summed E-state index contributed by atoms with van der Waals surface area (Å²) in [6.45, 7) is 0. The van der Waals surface area contributed by atoms with Crippen LogP contribution in [0.25, 0.3) is 6.08 Å². The monoisotopic (exact) mass is 286 g/mol. The van der Waals surface area contributed by atoms with E-state index in [9.17, 15) is 9.90 Å². The molecule has 2 N–H and O–H groups in total. The Bertz CT molecular complexity index is 277. The van der Waals surface area contributed by atoms with E-state index in [-0.39, 0.29) is 88.3 Å². The van der Waals surface area contributed by atoms with Gasteiger partial charge in [0, 0.05) is 18.6 Å². The molecule has 0 heterocycles. The molecule has 0 aliphatic carbocycles. The molecule has 0 bridgehead atoms. The predicted octanol–water partition coefficient (Wildman–Crippen LogP) is -2.45. The third-order valence-corrected chi connectivity index (χ3v) is 1.21. The summed E-state index contributed by atoms with van der Waals surface area (Å²) in [5, 5.41) is 9.97. The Kier molecular flexibility index (Phi) is 33.7. The minimum Gasteiger partial charge on any atom is -0.870 e. The van der Waals surface area contributed by atoms with E-state index in [2.05, 4.69) is 0 Å². The molecule has 0 spiro atoms. The van der Waals surface area contributed by atoms with Crippen LogP contribution in [0.15, 0.2) is 36.4 Å². The van der Waals surface area contributed by atoms with Crippen molar-refractivity contribution in [1.29, 1.82) is 0 Å². The van der Waals surface area contributed by atoms with E-state index in [0.29, 0.717) is 0 Å². The summed E-state index contributed by atoms with van der Waals surface area (Å²) >= 11 is 0. The molecule has 0 aromatic heterocycles. The normalized spacial score (nSPS) is 7.00. The van der Waals surface area contributed by atoms with E-state index in [1.165, 1.54) is 6.08 Å². The predicted molar refractivity (Wildman–Crippen MR) is 50.8 cm³/mol. The van der Waals surface area contributed by atoms with E-state index in [1.54, 1.807) is 0 Å². The quantitative estimate of drug-likeness (QED) is 0.342. The first-order chi connectivity index (χ1) is 5.29. The van der Waals surface area contributed by atoms with Gasteiger partial charge in [-0.3, -0.25) is 0 Å². The fourth-order valence-electron chi connectivity index (χ4n) is 0.728. The smallest absolute Gasteiger partial charge is 0.870 e. The molecule has 85 valence electrons. The van der Waals surface area contributed by atoms with Crippen molar-refractivity contribution in [3.63, 3.8) is 0 Å². The SMILES string of the molecule is O=C([O-])/C=C/c1ccccc1.[CH3-].[K+].[OH-].[OH-].[V]. The summed E-state index contributed by atoms with van der Waals surface area (Å²) in [5.74, 6) is -1.17. The molecule has 0 aliphatic heterocycles. The number of carbonyl (C=O) groups excluding carboxylic acids is 1. The maximum Gasteiger partial charge on any atom is 1.00 e. The molecule has 6 heteroatoms. The topological polar surface area (TPSA) is 100 Å². The second kappa shape index (κ2) is 18.0. The Morgan fingerprint density at radius 1 is 1.12 bits per heavy atom. The van der Waals surface area contributed by atoms with Crippen LogP contribution in [0.4, 0.5) is 0 Å². The summed E-state index contributed by atoms with van der Waals surface area (Å²) in [4.78, 5) is 9.97. The van der Waals surface area contributed by atoms with Crippen molar-refractivity contribution in [2.75, 3.05) is 0 Å². The van der Waals surface area contributed by atoms with Crippen LogP contribution in [0.3, 0.4) is 0 Å². The van der Waals surface area contributed by atoms with Gasteiger partial charge in [-0.15, -0.1) is 0 Å². The van der Waals surface area contributed by atoms with Crippen LogP contribution in [-0.4, -0.2) is 16.9 Å². The van der Waals surface area contributed by atoms with Gasteiger partial charge in [-0.25, -0.2) is 0 Å². The first kappa shape index (κ1) is 30.0. The Balaban J connectivity index is -0.0000000807. The third kappa shape index (κ3) is 14.6. The van der Waals surface area contributed by atoms with Crippen LogP contribution in [0, 0.1) is 7.43 Å². The number of benzene rings is 1. The van der Waals surface area contributed by atoms with Gasteiger partial charge < -0.3 is 28.3 Å². The second-order valence-corrected chi connectivity index (χ2v) is 2.06. The van der Waals surface area contributed by atoms with Crippen LogP contribution in [-0.2, 0) is 23.4 Å². The molecule has 16 heavy (non-hydrogen) atoms. The number of carboxylic acids is 1. The van der Waals surface area contributed by atoms with Gasteiger partial charge in [0.05, 0.1) is 5.97 Å². The van der Waals surface area contributed by atoms with Gasteiger partial charge in [0.1, 0.15) is 0 Å². The van der Waals surface area contributed by atoms with Gasteiger partial charge >= 0.3 is 51.4 Å². The molecule has 0 saturated carbocycles. The van der Waals surface area contributed by atoms with Crippen LogP contribution < -0.4 is 56.5 Å². The summed E-state index contributed by atoms with van der Waals surface area (Å²) < 4.78 is 0. The van der Waals surface area contributed by atoms with Crippen LogP contribution >= 0.6 is 0 Å². The van der Waals surface area contributed by atoms with Gasteiger partial charge in [0.25, 0.3) is 0 Å². The van der Waals surface area contributed by atoms with Gasteiger partial charge in [0.2, 0.25) is 0 Å². The molecule has 1 aromatic rings. The first-order valence-electron chi connectivity index (χ1n) is 3.23. The maximum absolute atomic E-state index is 9.97. The zero-order valence-electron chi connectivity index (χ0n) is 9.20. The number of carboxylic acid groups (broad SMARTS) is 1. The molecule has 1 aromatic carbocycles. The zero-order chi connectivity index (χ0) is 8.10. The van der Waals surface area contributed by atoms with Crippen LogP contribution in [0.2, 0.25) is 0 Å². The van der Waals surface area contributed by atoms with Crippen LogP contribution in [0.5, 0.6) is 0 Å². The average molecular weight is 286 g/mol. The molecule has 0 aliphatic rings. The standard InChI is InChI=1S/C9H8O2.CH3.K.2H2O.V/c10-9(11)7-6-8-4-2-1-3-5-8;;;;;/h1-7H,(H,10,11);1H3;;2*1H2;/q;-1;+1;;;/p-3/b7-6+;;;;;. The molecule has 1 radical (unpaired) electrons. The largest absolute Gasteiger partial charge is 1.00 e. The Morgan fingerprint density at radius 3 is 1.94 bits per heavy atom. The average Bonchev–Trinajstić information content (AvgIpc) is 2.03. The summed E-state index contributed by atoms with van der Waals surface area (Å²) in [7, 11) is 0. The number of rotatable bonds is 2. The minimum absolute atomic E-state index is 0. The van der Waals surface area contributed by atoms with Crippen molar-refractivity contribution < 1.29 is 90.8 Å². The molecule has 1 rings (SSSR count). The third-order valence-electron chi connectivity index (χ3n) is 1.21. The fourth-order valence-corrected chi connectivity index (χ4v) is 0.728. The van der Waals surface area contributed by atoms with Crippen molar-refractivity contribution in [1.82, 2.24) is 0 Å². The first-order valence-corrected chi connectivity index (χ1v) is 3.23. The minimum atomic E-state index is -1.17. The Labute approximate surface area is 150 Å². The number of hydrogen-bond donors (Lipinski definition) is 0. The molecule has 0 saturated heterocycles.